The van der Waals surface area contributed by atoms with Crippen LogP contribution in [0.15, 0.2) is 67.0 Å². The summed E-state index contributed by atoms with van der Waals surface area (Å²) in [6.07, 6.45) is 7.84. The number of ether oxygens (including phenoxy) is 1. The molecule has 1 fully saturated rings. The topological polar surface area (TPSA) is 56.1 Å². The van der Waals surface area contributed by atoms with Crippen molar-refractivity contribution in [2.24, 2.45) is 0 Å². The predicted molar refractivity (Wildman–Crippen MR) is 108 cm³/mol. The highest BCUT2D eigenvalue weighted by molar-refractivity contribution is 5.95. The molecule has 3 aromatic rings. The van der Waals surface area contributed by atoms with Crippen LogP contribution in [0.2, 0.25) is 0 Å². The SMILES string of the molecule is COc1ccc(C(=O)NC2(c3ccccc3)CCCC2)cc1Cn1cccn1. The number of rotatable bonds is 6. The van der Waals surface area contributed by atoms with Crippen molar-refractivity contribution in [2.45, 2.75) is 37.8 Å². The van der Waals surface area contributed by atoms with Gasteiger partial charge in [0.1, 0.15) is 5.75 Å². The molecule has 2 aromatic carbocycles. The van der Waals surface area contributed by atoms with Gasteiger partial charge in [0.25, 0.3) is 5.91 Å². The zero-order chi connectivity index (χ0) is 19.4. The van der Waals surface area contributed by atoms with Gasteiger partial charge in [0.05, 0.1) is 19.2 Å². The highest BCUT2D eigenvalue weighted by atomic mass is 16.5. The third-order valence-corrected chi connectivity index (χ3v) is 5.57. The molecular formula is C23H25N3O2. The Hall–Kier alpha value is -3.08. The van der Waals surface area contributed by atoms with Crippen molar-refractivity contribution >= 4 is 5.91 Å². The molecule has 0 aliphatic heterocycles. The minimum atomic E-state index is -0.277. The van der Waals surface area contributed by atoms with E-state index in [0.717, 1.165) is 37.0 Å². The van der Waals surface area contributed by atoms with Gasteiger partial charge < -0.3 is 10.1 Å². The molecule has 1 saturated carbocycles. The lowest BCUT2D eigenvalue weighted by Crippen LogP contribution is -2.43. The number of amides is 1. The van der Waals surface area contributed by atoms with Crippen molar-refractivity contribution < 1.29 is 9.53 Å². The molecule has 0 unspecified atom stereocenters. The predicted octanol–water partition coefficient (Wildman–Crippen LogP) is 4.14. The number of aromatic nitrogens is 2. The number of benzene rings is 2. The fraction of sp³-hybridized carbons (Fsp3) is 0.304. The van der Waals surface area contributed by atoms with Crippen molar-refractivity contribution in [3.05, 3.63) is 83.7 Å². The zero-order valence-corrected chi connectivity index (χ0v) is 16.1. The van der Waals surface area contributed by atoms with Gasteiger partial charge in [-0.3, -0.25) is 9.48 Å². The number of carbonyl (C=O) groups excluding carboxylic acids is 1. The highest BCUT2D eigenvalue weighted by Gasteiger charge is 2.37. The van der Waals surface area contributed by atoms with Gasteiger partial charge in [0.15, 0.2) is 0 Å². The average Bonchev–Trinajstić information content (AvgIpc) is 3.41. The van der Waals surface area contributed by atoms with E-state index in [1.54, 1.807) is 13.3 Å². The largest absolute Gasteiger partial charge is 0.496 e. The number of nitrogens with zero attached hydrogens (tertiary/aromatic N) is 2. The van der Waals surface area contributed by atoms with Crippen LogP contribution in [0.5, 0.6) is 5.75 Å². The molecule has 28 heavy (non-hydrogen) atoms. The van der Waals surface area contributed by atoms with Crippen molar-refractivity contribution in [1.29, 1.82) is 0 Å². The smallest absolute Gasteiger partial charge is 0.251 e. The fourth-order valence-corrected chi connectivity index (χ4v) is 4.12. The van der Waals surface area contributed by atoms with Gasteiger partial charge in [0.2, 0.25) is 0 Å². The van der Waals surface area contributed by atoms with E-state index in [2.05, 4.69) is 22.5 Å². The first kappa shape index (κ1) is 18.3. The number of hydrogen-bond donors (Lipinski definition) is 1. The molecular weight excluding hydrogens is 350 g/mol. The van der Waals surface area contributed by atoms with E-state index in [1.165, 1.54) is 5.56 Å². The van der Waals surface area contributed by atoms with Gasteiger partial charge in [-0.1, -0.05) is 43.2 Å². The molecule has 1 aliphatic rings. The third kappa shape index (κ3) is 3.65. The van der Waals surface area contributed by atoms with Crippen molar-refractivity contribution in [2.75, 3.05) is 7.11 Å². The normalized spacial score (nSPS) is 15.3. The first-order valence-corrected chi connectivity index (χ1v) is 9.73. The molecule has 1 heterocycles. The van der Waals surface area contributed by atoms with Gasteiger partial charge in [0, 0.05) is 23.5 Å². The third-order valence-electron chi connectivity index (χ3n) is 5.57. The van der Waals surface area contributed by atoms with Crippen LogP contribution in [0.25, 0.3) is 0 Å². The molecule has 0 radical (unpaired) electrons. The highest BCUT2D eigenvalue weighted by Crippen LogP contribution is 2.39. The quantitative estimate of drug-likeness (QED) is 0.704. The summed E-state index contributed by atoms with van der Waals surface area (Å²) < 4.78 is 7.30. The standard InChI is InChI=1S/C23H25N3O2/c1-28-21-11-10-18(16-19(21)17-26-15-7-14-24-26)22(27)25-23(12-5-6-13-23)20-8-3-2-4-9-20/h2-4,7-11,14-16H,5-6,12-13,17H2,1H3,(H,25,27). The van der Waals surface area contributed by atoms with Crippen LogP contribution in [0.1, 0.15) is 47.2 Å². The molecule has 4 rings (SSSR count). The Morgan fingerprint density at radius 2 is 1.93 bits per heavy atom. The van der Waals surface area contributed by atoms with Crippen LogP contribution in [-0.4, -0.2) is 22.8 Å². The molecule has 0 spiro atoms. The van der Waals surface area contributed by atoms with Crippen LogP contribution in [0.3, 0.4) is 0 Å². The maximum atomic E-state index is 13.2. The van der Waals surface area contributed by atoms with Crippen LogP contribution in [-0.2, 0) is 12.1 Å². The van der Waals surface area contributed by atoms with E-state index in [1.807, 2.05) is 53.3 Å². The lowest BCUT2D eigenvalue weighted by Gasteiger charge is -2.31. The summed E-state index contributed by atoms with van der Waals surface area (Å²) in [5, 5.41) is 7.60. The average molecular weight is 375 g/mol. The van der Waals surface area contributed by atoms with Gasteiger partial charge in [-0.15, -0.1) is 0 Å². The number of hydrogen-bond acceptors (Lipinski definition) is 3. The molecule has 1 aromatic heterocycles. The molecule has 1 amide bonds. The van der Waals surface area contributed by atoms with Crippen molar-refractivity contribution in [1.82, 2.24) is 15.1 Å². The maximum Gasteiger partial charge on any atom is 0.251 e. The summed E-state index contributed by atoms with van der Waals surface area (Å²) in [6.45, 7) is 0.557. The lowest BCUT2D eigenvalue weighted by atomic mass is 9.87. The Morgan fingerprint density at radius 1 is 1.14 bits per heavy atom. The van der Waals surface area contributed by atoms with Gasteiger partial charge in [-0.05, 0) is 42.7 Å². The monoisotopic (exact) mass is 375 g/mol. The van der Waals surface area contributed by atoms with Crippen LogP contribution >= 0.6 is 0 Å². The van der Waals surface area contributed by atoms with Crippen LogP contribution in [0.4, 0.5) is 0 Å². The van der Waals surface area contributed by atoms with E-state index in [9.17, 15) is 4.79 Å². The second-order valence-electron chi connectivity index (χ2n) is 7.34. The first-order valence-electron chi connectivity index (χ1n) is 9.73. The number of nitrogens with one attached hydrogen (secondary N) is 1. The van der Waals surface area contributed by atoms with E-state index in [0.29, 0.717) is 12.1 Å². The fourth-order valence-electron chi connectivity index (χ4n) is 4.12. The molecule has 1 N–H and O–H groups in total. The summed E-state index contributed by atoms with van der Waals surface area (Å²) in [5.74, 6) is 0.709. The molecule has 144 valence electrons. The zero-order valence-electron chi connectivity index (χ0n) is 16.1. The van der Waals surface area contributed by atoms with Crippen LogP contribution < -0.4 is 10.1 Å². The molecule has 1 aliphatic carbocycles. The van der Waals surface area contributed by atoms with Gasteiger partial charge in [-0.25, -0.2) is 0 Å². The molecule has 0 saturated heterocycles. The molecule has 5 nitrogen and oxygen atoms in total. The minimum Gasteiger partial charge on any atom is -0.496 e. The van der Waals surface area contributed by atoms with E-state index >= 15 is 0 Å². The Labute approximate surface area is 165 Å². The second kappa shape index (κ2) is 7.89. The maximum absolute atomic E-state index is 13.2. The number of methoxy groups -OCH3 is 1. The Balaban J connectivity index is 1.60. The number of carbonyl (C=O) groups is 1. The van der Waals surface area contributed by atoms with Crippen molar-refractivity contribution in [3.8, 4) is 5.75 Å². The van der Waals surface area contributed by atoms with E-state index in [4.69, 9.17) is 4.74 Å². The summed E-state index contributed by atoms with van der Waals surface area (Å²) in [7, 11) is 1.64. The summed E-state index contributed by atoms with van der Waals surface area (Å²) in [6, 6.07) is 17.8. The summed E-state index contributed by atoms with van der Waals surface area (Å²) in [4.78, 5) is 13.2. The van der Waals surface area contributed by atoms with Gasteiger partial charge in [-0.2, -0.15) is 5.10 Å². The molecule has 0 atom stereocenters. The Kier molecular flexibility index (Phi) is 5.15. The Bertz CT molecular complexity index is 930. The minimum absolute atomic E-state index is 0.0462. The van der Waals surface area contributed by atoms with E-state index in [-0.39, 0.29) is 11.4 Å². The van der Waals surface area contributed by atoms with Crippen molar-refractivity contribution in [3.63, 3.8) is 0 Å². The van der Waals surface area contributed by atoms with E-state index < -0.39 is 0 Å². The molecule has 5 heteroatoms. The van der Waals surface area contributed by atoms with Gasteiger partial charge >= 0.3 is 0 Å². The lowest BCUT2D eigenvalue weighted by molar-refractivity contribution is 0.0898. The van der Waals surface area contributed by atoms with Crippen LogP contribution in [0, 0.1) is 0 Å². The summed E-state index contributed by atoms with van der Waals surface area (Å²) in [5.41, 5.74) is 2.48. The Morgan fingerprint density at radius 3 is 2.61 bits per heavy atom. The second-order valence-corrected chi connectivity index (χ2v) is 7.34. The molecule has 0 bridgehead atoms. The first-order chi connectivity index (χ1) is 13.7. The summed E-state index contributed by atoms with van der Waals surface area (Å²) >= 11 is 0.